The molecule has 0 spiro atoms. The van der Waals surface area contributed by atoms with Crippen LogP contribution in [0.25, 0.3) is 10.8 Å². The molecule has 0 saturated heterocycles. The number of rotatable bonds is 2. The lowest BCUT2D eigenvalue weighted by molar-refractivity contribution is 0.104. The summed E-state index contributed by atoms with van der Waals surface area (Å²) in [5, 5.41) is 1.97. The van der Waals surface area contributed by atoms with Crippen LogP contribution in [0.1, 0.15) is 15.9 Å². The average molecular weight is 211 g/mol. The molecule has 0 saturated carbocycles. The fourth-order valence-corrected chi connectivity index (χ4v) is 1.95. The quantitative estimate of drug-likeness (QED) is 0.471. The molecule has 0 unspecified atom stereocenters. The maximum absolute atomic E-state index is 11.7. The van der Waals surface area contributed by atoms with Gasteiger partial charge in [0, 0.05) is 10.9 Å². The van der Waals surface area contributed by atoms with Gasteiger partial charge in [-0.15, -0.1) is 0 Å². The summed E-state index contributed by atoms with van der Waals surface area (Å²) in [4.78, 5) is 11.7. The Labute approximate surface area is 94.4 Å². The molecule has 2 nitrogen and oxygen atoms in total. The highest BCUT2D eigenvalue weighted by Gasteiger charge is 2.12. The summed E-state index contributed by atoms with van der Waals surface area (Å²) in [5.41, 5.74) is 8.02. The number of fused-ring (bicyclic) bond motifs is 1. The molecule has 2 N–H and O–H groups in total. The van der Waals surface area contributed by atoms with Crippen LogP contribution in [0.3, 0.4) is 0 Å². The lowest BCUT2D eigenvalue weighted by Gasteiger charge is -2.10. The SMILES string of the molecule is C=CC(=O)c1c(C)cc2ccccc2c1N. The number of nitrogen functional groups attached to an aromatic ring is 1. The van der Waals surface area contributed by atoms with Gasteiger partial charge in [0.05, 0.1) is 5.69 Å². The van der Waals surface area contributed by atoms with Crippen LogP contribution in [0.15, 0.2) is 43.0 Å². The summed E-state index contributed by atoms with van der Waals surface area (Å²) in [6.45, 7) is 5.38. The van der Waals surface area contributed by atoms with Gasteiger partial charge >= 0.3 is 0 Å². The molecule has 0 bridgehead atoms. The number of hydrogen-bond donors (Lipinski definition) is 1. The largest absolute Gasteiger partial charge is 0.398 e. The summed E-state index contributed by atoms with van der Waals surface area (Å²) < 4.78 is 0. The maximum atomic E-state index is 11.7. The number of allylic oxidation sites excluding steroid dienone is 1. The topological polar surface area (TPSA) is 43.1 Å². The van der Waals surface area contributed by atoms with E-state index in [-0.39, 0.29) is 5.78 Å². The van der Waals surface area contributed by atoms with Crippen molar-refractivity contribution in [3.05, 3.63) is 54.1 Å². The summed E-state index contributed by atoms with van der Waals surface area (Å²) >= 11 is 0. The van der Waals surface area contributed by atoms with E-state index in [9.17, 15) is 4.79 Å². The van der Waals surface area contributed by atoms with E-state index in [0.29, 0.717) is 11.3 Å². The molecule has 2 aromatic rings. The molecule has 16 heavy (non-hydrogen) atoms. The van der Waals surface area contributed by atoms with Crippen molar-refractivity contribution < 1.29 is 4.79 Å². The van der Waals surface area contributed by atoms with Crippen molar-refractivity contribution in [1.82, 2.24) is 0 Å². The van der Waals surface area contributed by atoms with E-state index in [1.807, 2.05) is 37.3 Å². The van der Waals surface area contributed by atoms with Crippen molar-refractivity contribution >= 4 is 22.2 Å². The minimum absolute atomic E-state index is 0.124. The number of anilines is 1. The minimum Gasteiger partial charge on any atom is -0.398 e. The molecule has 0 atom stereocenters. The van der Waals surface area contributed by atoms with E-state index in [0.717, 1.165) is 16.3 Å². The first-order valence-electron chi connectivity index (χ1n) is 5.09. The summed E-state index contributed by atoms with van der Waals surface area (Å²) in [5.74, 6) is -0.124. The molecule has 0 amide bonds. The third-order valence-electron chi connectivity index (χ3n) is 2.72. The lowest BCUT2D eigenvalue weighted by atomic mass is 9.96. The second kappa shape index (κ2) is 3.81. The fourth-order valence-electron chi connectivity index (χ4n) is 1.95. The summed E-state index contributed by atoms with van der Waals surface area (Å²) in [6, 6.07) is 9.75. The second-order valence-electron chi connectivity index (χ2n) is 3.77. The van der Waals surface area contributed by atoms with Crippen LogP contribution in [0.5, 0.6) is 0 Å². The Morgan fingerprint density at radius 2 is 2.06 bits per heavy atom. The van der Waals surface area contributed by atoms with Crippen LogP contribution in [-0.4, -0.2) is 5.78 Å². The zero-order valence-corrected chi connectivity index (χ0v) is 9.16. The predicted molar refractivity (Wildman–Crippen MR) is 67.6 cm³/mol. The standard InChI is InChI=1S/C14H13NO/c1-3-12(16)13-9(2)8-10-6-4-5-7-11(10)14(13)15/h3-8H,1,15H2,2H3. The Kier molecular flexibility index (Phi) is 2.49. The Morgan fingerprint density at radius 3 is 2.75 bits per heavy atom. The Bertz CT molecular complexity index is 585. The van der Waals surface area contributed by atoms with E-state index in [2.05, 4.69) is 6.58 Å². The van der Waals surface area contributed by atoms with Crippen LogP contribution in [0, 0.1) is 6.92 Å². The molecule has 0 aliphatic heterocycles. The van der Waals surface area contributed by atoms with Gasteiger partial charge in [-0.3, -0.25) is 4.79 Å². The first kappa shape index (κ1) is 10.4. The number of benzene rings is 2. The lowest BCUT2D eigenvalue weighted by Crippen LogP contribution is -2.04. The Balaban J connectivity index is 2.85. The highest BCUT2D eigenvalue weighted by molar-refractivity contribution is 6.14. The number of ketones is 1. The van der Waals surface area contributed by atoms with Crippen LogP contribution in [0.4, 0.5) is 5.69 Å². The van der Waals surface area contributed by atoms with Crippen molar-refractivity contribution in [3.63, 3.8) is 0 Å². The third-order valence-corrected chi connectivity index (χ3v) is 2.72. The fraction of sp³-hybridized carbons (Fsp3) is 0.0714. The first-order chi connectivity index (χ1) is 7.65. The van der Waals surface area contributed by atoms with E-state index in [4.69, 9.17) is 5.73 Å². The van der Waals surface area contributed by atoms with E-state index in [1.54, 1.807) is 0 Å². The van der Waals surface area contributed by atoms with Gasteiger partial charge in [0.1, 0.15) is 0 Å². The monoisotopic (exact) mass is 211 g/mol. The molecule has 0 aliphatic rings. The zero-order chi connectivity index (χ0) is 11.7. The number of carbonyl (C=O) groups excluding carboxylic acids is 1. The molecule has 0 aliphatic carbocycles. The van der Waals surface area contributed by atoms with Gasteiger partial charge in [-0.05, 0) is 23.9 Å². The van der Waals surface area contributed by atoms with E-state index < -0.39 is 0 Å². The molecule has 2 aromatic carbocycles. The predicted octanol–water partition coefficient (Wildman–Crippen LogP) is 3.10. The minimum atomic E-state index is -0.124. The van der Waals surface area contributed by atoms with Crippen LogP contribution < -0.4 is 5.73 Å². The molecule has 80 valence electrons. The van der Waals surface area contributed by atoms with Gasteiger partial charge in [0.25, 0.3) is 0 Å². The van der Waals surface area contributed by atoms with Crippen molar-refractivity contribution in [1.29, 1.82) is 0 Å². The van der Waals surface area contributed by atoms with Crippen molar-refractivity contribution in [2.45, 2.75) is 6.92 Å². The molecular weight excluding hydrogens is 198 g/mol. The molecule has 0 aromatic heterocycles. The van der Waals surface area contributed by atoms with Crippen LogP contribution in [-0.2, 0) is 0 Å². The van der Waals surface area contributed by atoms with Crippen molar-refractivity contribution in [3.8, 4) is 0 Å². The van der Waals surface area contributed by atoms with E-state index in [1.165, 1.54) is 6.08 Å². The van der Waals surface area contributed by atoms with Crippen LogP contribution >= 0.6 is 0 Å². The average Bonchev–Trinajstić information content (AvgIpc) is 2.28. The Hall–Kier alpha value is -2.09. The number of nitrogens with two attached hydrogens (primary N) is 1. The smallest absolute Gasteiger partial charge is 0.187 e. The first-order valence-corrected chi connectivity index (χ1v) is 5.09. The van der Waals surface area contributed by atoms with Gasteiger partial charge in [-0.2, -0.15) is 0 Å². The molecule has 0 fully saturated rings. The van der Waals surface area contributed by atoms with Gasteiger partial charge in [0.2, 0.25) is 0 Å². The molecule has 0 heterocycles. The molecule has 2 rings (SSSR count). The number of aryl methyl sites for hydroxylation is 1. The summed E-state index contributed by atoms with van der Waals surface area (Å²) in [7, 11) is 0. The van der Waals surface area contributed by atoms with Gasteiger partial charge < -0.3 is 5.73 Å². The van der Waals surface area contributed by atoms with Crippen molar-refractivity contribution in [2.24, 2.45) is 0 Å². The van der Waals surface area contributed by atoms with Crippen molar-refractivity contribution in [2.75, 3.05) is 5.73 Å². The van der Waals surface area contributed by atoms with Gasteiger partial charge in [-0.25, -0.2) is 0 Å². The zero-order valence-electron chi connectivity index (χ0n) is 9.16. The van der Waals surface area contributed by atoms with Gasteiger partial charge in [-0.1, -0.05) is 36.9 Å². The maximum Gasteiger partial charge on any atom is 0.187 e. The third kappa shape index (κ3) is 1.48. The Morgan fingerprint density at radius 1 is 1.38 bits per heavy atom. The number of carbonyl (C=O) groups is 1. The molecular formula is C14H13NO. The highest BCUT2D eigenvalue weighted by Crippen LogP contribution is 2.28. The normalized spacial score (nSPS) is 10.3. The highest BCUT2D eigenvalue weighted by atomic mass is 16.1. The van der Waals surface area contributed by atoms with Crippen LogP contribution in [0.2, 0.25) is 0 Å². The molecule has 0 radical (unpaired) electrons. The van der Waals surface area contributed by atoms with Gasteiger partial charge in [0.15, 0.2) is 5.78 Å². The number of hydrogen-bond acceptors (Lipinski definition) is 2. The molecule has 2 heteroatoms. The summed E-state index contributed by atoms with van der Waals surface area (Å²) in [6.07, 6.45) is 1.30. The second-order valence-corrected chi connectivity index (χ2v) is 3.77. The van der Waals surface area contributed by atoms with E-state index >= 15 is 0 Å².